The van der Waals surface area contributed by atoms with E-state index >= 15 is 0 Å². The Kier molecular flexibility index (Phi) is 4.58. The van der Waals surface area contributed by atoms with Crippen LogP contribution < -0.4 is 5.32 Å². The van der Waals surface area contributed by atoms with E-state index in [4.69, 9.17) is 4.98 Å². The van der Waals surface area contributed by atoms with Crippen LogP contribution >= 0.6 is 0 Å². The summed E-state index contributed by atoms with van der Waals surface area (Å²) >= 11 is 0. The number of benzene rings is 1. The molecule has 2 aromatic rings. The molecule has 0 aliphatic carbocycles. The van der Waals surface area contributed by atoms with Crippen LogP contribution in [0.1, 0.15) is 48.8 Å². The van der Waals surface area contributed by atoms with E-state index < -0.39 is 15.4 Å². The lowest BCUT2D eigenvalue weighted by atomic mass is 10.0. The molecule has 1 amide bonds. The van der Waals surface area contributed by atoms with Gasteiger partial charge in [0.1, 0.15) is 11.5 Å². The van der Waals surface area contributed by atoms with Gasteiger partial charge in [0, 0.05) is 12.1 Å². The molecular weight excluding hydrogens is 362 g/mol. The third-order valence-corrected chi connectivity index (χ3v) is 7.44. The molecule has 0 unspecified atom stereocenters. The third-order valence-electron chi connectivity index (χ3n) is 5.53. The maximum atomic E-state index is 13.1. The maximum Gasteiger partial charge on any atom is 0.272 e. The lowest BCUT2D eigenvalue weighted by Gasteiger charge is -2.23. The molecule has 0 bridgehead atoms. The number of rotatable bonds is 3. The van der Waals surface area contributed by atoms with Crippen molar-refractivity contribution in [2.45, 2.75) is 51.1 Å². The number of carbonyl (C=O) groups excluding carboxylic acids is 1. The molecule has 0 saturated carbocycles. The van der Waals surface area contributed by atoms with Gasteiger partial charge in [0.2, 0.25) is 0 Å². The fourth-order valence-corrected chi connectivity index (χ4v) is 6.24. The van der Waals surface area contributed by atoms with Gasteiger partial charge in [-0.15, -0.1) is 0 Å². The molecule has 1 saturated heterocycles. The molecule has 2 aliphatic heterocycles. The Labute approximate surface area is 159 Å². The van der Waals surface area contributed by atoms with Crippen molar-refractivity contribution in [3.05, 3.63) is 41.7 Å². The molecule has 1 aromatic carbocycles. The second-order valence-electron chi connectivity index (χ2n) is 7.92. The molecule has 3 heterocycles. The van der Waals surface area contributed by atoms with E-state index in [1.807, 2.05) is 37.3 Å². The quantitative estimate of drug-likeness (QED) is 0.878. The molecule has 7 heteroatoms. The number of nitrogens with zero attached hydrogens (tertiary/aromatic N) is 2. The summed E-state index contributed by atoms with van der Waals surface area (Å²) in [5, 5.41) is 2.97. The van der Waals surface area contributed by atoms with Crippen LogP contribution in [0.4, 0.5) is 0 Å². The smallest absolute Gasteiger partial charge is 0.272 e. The third kappa shape index (κ3) is 3.65. The number of aromatic nitrogens is 2. The normalized spacial score (nSPS) is 24.2. The predicted molar refractivity (Wildman–Crippen MR) is 104 cm³/mol. The molecule has 0 spiro atoms. The van der Waals surface area contributed by atoms with Crippen LogP contribution in [0.15, 0.2) is 30.3 Å². The number of nitrogens with one attached hydrogen (secondary N) is 1. The molecule has 4 rings (SSSR count). The summed E-state index contributed by atoms with van der Waals surface area (Å²) < 4.78 is 25.9. The van der Waals surface area contributed by atoms with Crippen LogP contribution in [0.3, 0.4) is 0 Å². The Bertz CT molecular complexity index is 966. The van der Waals surface area contributed by atoms with E-state index in [2.05, 4.69) is 9.88 Å². The maximum absolute atomic E-state index is 13.1. The highest BCUT2D eigenvalue weighted by Gasteiger charge is 2.40. The average Bonchev–Trinajstić information content (AvgIpc) is 3.01. The minimum absolute atomic E-state index is 0.00662. The topological polar surface area (TPSA) is 81.1 Å². The number of hydrogen-bond donors (Lipinski definition) is 1. The van der Waals surface area contributed by atoms with Crippen molar-refractivity contribution in [1.82, 2.24) is 14.9 Å². The van der Waals surface area contributed by atoms with Gasteiger partial charge in [-0.3, -0.25) is 4.79 Å². The summed E-state index contributed by atoms with van der Waals surface area (Å²) in [6.45, 7) is 2.66. The summed E-state index contributed by atoms with van der Waals surface area (Å²) in [7, 11) is -3.08. The first-order valence-corrected chi connectivity index (χ1v) is 11.4. The predicted octanol–water partition coefficient (Wildman–Crippen LogP) is 2.58. The Morgan fingerprint density at radius 3 is 2.67 bits per heavy atom. The van der Waals surface area contributed by atoms with Gasteiger partial charge in [-0.2, -0.15) is 0 Å². The van der Waals surface area contributed by atoms with Crippen molar-refractivity contribution in [1.29, 1.82) is 0 Å². The molecule has 6 nitrogen and oxygen atoms in total. The van der Waals surface area contributed by atoms with Gasteiger partial charge in [0.15, 0.2) is 9.84 Å². The van der Waals surface area contributed by atoms with Crippen LogP contribution in [0.5, 0.6) is 0 Å². The fraction of sp³-hybridized carbons (Fsp3) is 0.500. The zero-order valence-electron chi connectivity index (χ0n) is 15.6. The Morgan fingerprint density at radius 1 is 1.19 bits per heavy atom. The lowest BCUT2D eigenvalue weighted by Crippen LogP contribution is -2.47. The first kappa shape index (κ1) is 18.2. The van der Waals surface area contributed by atoms with Gasteiger partial charge >= 0.3 is 0 Å². The number of carbonyl (C=O) groups is 1. The number of sulfone groups is 1. The summed E-state index contributed by atoms with van der Waals surface area (Å²) in [5.74, 6) is 0.678. The van der Waals surface area contributed by atoms with E-state index in [-0.39, 0.29) is 17.4 Å². The first-order chi connectivity index (χ1) is 12.9. The highest BCUT2D eigenvalue weighted by Crippen LogP contribution is 2.28. The molecule has 0 radical (unpaired) electrons. The number of amides is 1. The molecule has 1 aromatic heterocycles. The number of hydrogen-bond acceptors (Lipinski definition) is 4. The lowest BCUT2D eigenvalue weighted by molar-refractivity contribution is 0.0909. The highest BCUT2D eigenvalue weighted by atomic mass is 32.2. The zero-order chi connectivity index (χ0) is 19.1. The van der Waals surface area contributed by atoms with Crippen LogP contribution in [0.25, 0.3) is 11.4 Å². The molecule has 1 N–H and O–H groups in total. The standard InChI is InChI=1S/C20H25N3O3S/c1-20(11-13-27(25,26)14-20)22-19(24)17-16-10-6-3-7-12-23(16)18(21-17)15-8-4-2-5-9-15/h2,4-5,8-9H,3,6-7,10-14H2,1H3,(H,22,24)/t20-/m0/s1. The Hall–Kier alpha value is -2.15. The number of fused-ring (bicyclic) bond motifs is 1. The Balaban J connectivity index is 1.70. The van der Waals surface area contributed by atoms with E-state index in [0.29, 0.717) is 12.1 Å². The van der Waals surface area contributed by atoms with Crippen LogP contribution in [0, 0.1) is 0 Å². The second-order valence-corrected chi connectivity index (χ2v) is 10.1. The van der Waals surface area contributed by atoms with Gasteiger partial charge in [0.25, 0.3) is 5.91 Å². The van der Waals surface area contributed by atoms with Gasteiger partial charge in [0.05, 0.1) is 22.7 Å². The van der Waals surface area contributed by atoms with Crippen LogP contribution in [0.2, 0.25) is 0 Å². The van der Waals surface area contributed by atoms with Crippen LogP contribution in [-0.2, 0) is 22.8 Å². The van der Waals surface area contributed by atoms with Crippen molar-refractivity contribution in [2.24, 2.45) is 0 Å². The van der Waals surface area contributed by atoms with Crippen molar-refractivity contribution in [2.75, 3.05) is 11.5 Å². The Morgan fingerprint density at radius 2 is 1.96 bits per heavy atom. The largest absolute Gasteiger partial charge is 0.344 e. The second kappa shape index (κ2) is 6.78. The van der Waals surface area contributed by atoms with E-state index in [1.165, 1.54) is 0 Å². The monoisotopic (exact) mass is 387 g/mol. The van der Waals surface area contributed by atoms with Gasteiger partial charge in [-0.25, -0.2) is 13.4 Å². The van der Waals surface area contributed by atoms with E-state index in [1.54, 1.807) is 0 Å². The van der Waals surface area contributed by atoms with Crippen molar-refractivity contribution in [3.8, 4) is 11.4 Å². The van der Waals surface area contributed by atoms with Gasteiger partial charge in [-0.1, -0.05) is 36.8 Å². The van der Waals surface area contributed by atoms with Crippen molar-refractivity contribution >= 4 is 15.7 Å². The average molecular weight is 388 g/mol. The minimum atomic E-state index is -3.08. The molecule has 27 heavy (non-hydrogen) atoms. The zero-order valence-corrected chi connectivity index (χ0v) is 16.4. The van der Waals surface area contributed by atoms with Gasteiger partial charge < -0.3 is 9.88 Å². The molecule has 1 fully saturated rings. The van der Waals surface area contributed by atoms with E-state index in [9.17, 15) is 13.2 Å². The first-order valence-electron chi connectivity index (χ1n) is 9.55. The summed E-state index contributed by atoms with van der Waals surface area (Å²) in [5.41, 5.74) is 1.69. The van der Waals surface area contributed by atoms with E-state index in [0.717, 1.165) is 49.3 Å². The van der Waals surface area contributed by atoms with Gasteiger partial charge in [-0.05, 0) is 32.6 Å². The number of imidazole rings is 1. The summed E-state index contributed by atoms with van der Waals surface area (Å²) in [6.07, 6.45) is 4.50. The van der Waals surface area contributed by atoms with Crippen LogP contribution in [-0.4, -0.2) is 40.9 Å². The molecule has 2 aliphatic rings. The fourth-order valence-electron chi connectivity index (χ4n) is 4.15. The minimum Gasteiger partial charge on any atom is -0.344 e. The summed E-state index contributed by atoms with van der Waals surface area (Å²) in [6, 6.07) is 9.92. The summed E-state index contributed by atoms with van der Waals surface area (Å²) in [4.78, 5) is 17.8. The molecule has 1 atom stereocenters. The highest BCUT2D eigenvalue weighted by molar-refractivity contribution is 7.91. The SMILES string of the molecule is C[C@]1(NC(=O)c2nc(-c3ccccc3)n3c2CCCCC3)CCS(=O)(=O)C1. The molecular formula is C20H25N3O3S. The van der Waals surface area contributed by atoms with Crippen molar-refractivity contribution in [3.63, 3.8) is 0 Å². The molecule has 144 valence electrons. The van der Waals surface area contributed by atoms with Crippen molar-refractivity contribution < 1.29 is 13.2 Å².